The van der Waals surface area contributed by atoms with Crippen LogP contribution < -0.4 is 9.64 Å². The van der Waals surface area contributed by atoms with Crippen LogP contribution in [0.25, 0.3) is 11.3 Å². The Hall–Kier alpha value is -3.26. The van der Waals surface area contributed by atoms with Gasteiger partial charge in [0.05, 0.1) is 18.1 Å². The fourth-order valence-electron chi connectivity index (χ4n) is 5.61. The molecule has 1 atom stereocenters. The topological polar surface area (TPSA) is 117 Å². The second kappa shape index (κ2) is 16.4. The molecule has 2 fully saturated rings. The highest BCUT2D eigenvalue weighted by Crippen LogP contribution is 2.30. The highest BCUT2D eigenvalue weighted by Gasteiger charge is 2.26. The summed E-state index contributed by atoms with van der Waals surface area (Å²) in [5.74, 6) is 1.50. The summed E-state index contributed by atoms with van der Waals surface area (Å²) >= 11 is 12.7. The van der Waals surface area contributed by atoms with E-state index in [9.17, 15) is 9.90 Å². The standard InChI is InChI=1S/C34H45Cl2N7O5/c1-5-46-31(44)6-7-40-8-12-42(13-9-40)32-37-21-28(22-38-32)47-30-17-24(16-29(39-30)25-18-26(35)20-27(36)19-25)23-41-10-14-43(15-11-41)33(45)48-34(2,3)4/h16-22,31,44H,5-15,23H2,1-4H3. The average molecular weight is 703 g/mol. The Balaban J connectivity index is 1.24. The maximum atomic E-state index is 12.6. The number of ether oxygens (including phenoxy) is 3. The van der Waals surface area contributed by atoms with E-state index in [1.807, 2.05) is 52.0 Å². The summed E-state index contributed by atoms with van der Waals surface area (Å²) in [5, 5.41) is 10.9. The van der Waals surface area contributed by atoms with Crippen LogP contribution in [0, 0.1) is 0 Å². The molecule has 260 valence electrons. The number of aliphatic hydroxyl groups is 1. The predicted octanol–water partition coefficient (Wildman–Crippen LogP) is 5.56. The lowest BCUT2D eigenvalue weighted by Gasteiger charge is -2.35. The number of benzene rings is 1. The fourth-order valence-corrected chi connectivity index (χ4v) is 6.14. The van der Waals surface area contributed by atoms with Crippen molar-refractivity contribution in [2.45, 2.75) is 52.6 Å². The van der Waals surface area contributed by atoms with E-state index in [4.69, 9.17) is 42.4 Å². The van der Waals surface area contributed by atoms with E-state index in [-0.39, 0.29) is 6.09 Å². The van der Waals surface area contributed by atoms with Crippen LogP contribution in [-0.2, 0) is 16.0 Å². The van der Waals surface area contributed by atoms with Crippen molar-refractivity contribution in [2.75, 3.05) is 70.4 Å². The third-order valence-electron chi connectivity index (χ3n) is 7.99. The number of anilines is 1. The normalized spacial score (nSPS) is 17.0. The maximum Gasteiger partial charge on any atom is 0.410 e. The molecule has 0 spiro atoms. The molecule has 14 heteroatoms. The largest absolute Gasteiger partial charge is 0.444 e. The zero-order valence-electron chi connectivity index (χ0n) is 28.1. The Kier molecular flexibility index (Phi) is 12.3. The summed E-state index contributed by atoms with van der Waals surface area (Å²) in [6, 6.07) is 9.24. The van der Waals surface area contributed by atoms with Crippen LogP contribution in [0.2, 0.25) is 10.0 Å². The number of hydrogen-bond donors (Lipinski definition) is 1. The maximum absolute atomic E-state index is 12.6. The lowest BCUT2D eigenvalue weighted by molar-refractivity contribution is -0.102. The molecule has 0 radical (unpaired) electrons. The number of aromatic nitrogens is 3. The molecule has 2 saturated heterocycles. The van der Waals surface area contributed by atoms with E-state index in [2.05, 4.69) is 24.7 Å². The molecule has 4 heterocycles. The van der Waals surface area contributed by atoms with Crippen molar-refractivity contribution < 1.29 is 24.1 Å². The Morgan fingerprint density at radius 2 is 1.56 bits per heavy atom. The Labute approximate surface area is 292 Å². The molecule has 5 rings (SSSR count). The van der Waals surface area contributed by atoms with E-state index in [0.717, 1.165) is 43.9 Å². The van der Waals surface area contributed by atoms with Crippen LogP contribution in [-0.4, -0.2) is 118 Å². The number of nitrogens with zero attached hydrogens (tertiary/aromatic N) is 7. The smallest absolute Gasteiger partial charge is 0.410 e. The number of carbonyl (C=O) groups excluding carboxylic acids is 1. The number of hydrogen-bond acceptors (Lipinski definition) is 11. The third-order valence-corrected chi connectivity index (χ3v) is 8.43. The number of halogens is 2. The van der Waals surface area contributed by atoms with E-state index in [1.165, 1.54) is 0 Å². The molecule has 0 saturated carbocycles. The quantitative estimate of drug-likeness (QED) is 0.254. The molecule has 12 nitrogen and oxygen atoms in total. The molecule has 1 aromatic carbocycles. The first kappa shape index (κ1) is 36.0. The molecule has 1 unspecified atom stereocenters. The van der Waals surface area contributed by atoms with Gasteiger partial charge in [0.2, 0.25) is 11.8 Å². The van der Waals surface area contributed by atoms with Gasteiger partial charge < -0.3 is 29.1 Å². The zero-order valence-corrected chi connectivity index (χ0v) is 29.6. The van der Waals surface area contributed by atoms with Crippen LogP contribution in [0.5, 0.6) is 11.6 Å². The summed E-state index contributed by atoms with van der Waals surface area (Å²) in [5.41, 5.74) is 1.90. The van der Waals surface area contributed by atoms with Gasteiger partial charge in [-0.2, -0.15) is 0 Å². The molecule has 1 amide bonds. The zero-order chi connectivity index (χ0) is 34.3. The molecule has 2 aromatic heterocycles. The Morgan fingerprint density at radius 1 is 0.917 bits per heavy atom. The molecule has 0 aliphatic carbocycles. The minimum absolute atomic E-state index is 0.286. The van der Waals surface area contributed by atoms with Crippen molar-refractivity contribution in [1.82, 2.24) is 29.7 Å². The van der Waals surface area contributed by atoms with Crippen LogP contribution >= 0.6 is 23.2 Å². The van der Waals surface area contributed by atoms with Gasteiger partial charge in [0.1, 0.15) is 5.60 Å². The van der Waals surface area contributed by atoms with Gasteiger partial charge in [0, 0.05) is 100 Å². The summed E-state index contributed by atoms with van der Waals surface area (Å²) in [6.45, 7) is 15.2. The van der Waals surface area contributed by atoms with E-state index in [1.54, 1.807) is 23.4 Å². The Morgan fingerprint density at radius 3 is 2.19 bits per heavy atom. The van der Waals surface area contributed by atoms with Crippen molar-refractivity contribution in [3.05, 3.63) is 58.3 Å². The molecular formula is C34H45Cl2N7O5. The summed E-state index contributed by atoms with van der Waals surface area (Å²) < 4.78 is 17.0. The van der Waals surface area contributed by atoms with Gasteiger partial charge in [-0.3, -0.25) is 9.80 Å². The first-order chi connectivity index (χ1) is 22.9. The van der Waals surface area contributed by atoms with Crippen LogP contribution in [0.4, 0.5) is 10.7 Å². The SMILES string of the molecule is CCOC(O)CCN1CCN(c2ncc(Oc3cc(CN4CCN(C(=O)OC(C)(C)C)CC4)cc(-c4cc(Cl)cc(Cl)c4)n3)cn2)CC1. The average Bonchev–Trinajstić information content (AvgIpc) is 3.03. The monoisotopic (exact) mass is 701 g/mol. The van der Waals surface area contributed by atoms with Crippen molar-refractivity contribution >= 4 is 35.2 Å². The number of piperazine rings is 2. The minimum atomic E-state index is -0.722. The summed E-state index contributed by atoms with van der Waals surface area (Å²) in [4.78, 5) is 35.0. The Bertz CT molecular complexity index is 1490. The fraction of sp³-hybridized carbons (Fsp3) is 0.529. The van der Waals surface area contributed by atoms with E-state index < -0.39 is 11.9 Å². The third kappa shape index (κ3) is 10.6. The molecule has 2 aliphatic rings. The number of carbonyl (C=O) groups is 1. The second-order valence-electron chi connectivity index (χ2n) is 12.9. The highest BCUT2D eigenvalue weighted by molar-refractivity contribution is 6.35. The predicted molar refractivity (Wildman–Crippen MR) is 186 cm³/mol. The number of rotatable bonds is 11. The van der Waals surface area contributed by atoms with Gasteiger partial charge >= 0.3 is 6.09 Å². The van der Waals surface area contributed by atoms with Gasteiger partial charge in [0.25, 0.3) is 0 Å². The van der Waals surface area contributed by atoms with Crippen molar-refractivity contribution in [1.29, 1.82) is 0 Å². The van der Waals surface area contributed by atoms with Gasteiger partial charge in [-0.05, 0) is 57.5 Å². The van der Waals surface area contributed by atoms with Crippen LogP contribution in [0.15, 0.2) is 42.7 Å². The number of amides is 1. The lowest BCUT2D eigenvalue weighted by Crippen LogP contribution is -2.49. The number of pyridine rings is 1. The highest BCUT2D eigenvalue weighted by atomic mass is 35.5. The van der Waals surface area contributed by atoms with Crippen molar-refractivity contribution in [3.8, 4) is 22.9 Å². The molecular weight excluding hydrogens is 657 g/mol. The lowest BCUT2D eigenvalue weighted by atomic mass is 10.1. The van der Waals surface area contributed by atoms with Gasteiger partial charge in [0.15, 0.2) is 12.0 Å². The summed E-state index contributed by atoms with van der Waals surface area (Å²) in [6.07, 6.45) is 2.90. The summed E-state index contributed by atoms with van der Waals surface area (Å²) in [7, 11) is 0. The minimum Gasteiger partial charge on any atom is -0.444 e. The van der Waals surface area contributed by atoms with E-state index in [0.29, 0.717) is 79.1 Å². The first-order valence-corrected chi connectivity index (χ1v) is 17.1. The van der Waals surface area contributed by atoms with Crippen molar-refractivity contribution in [2.24, 2.45) is 0 Å². The van der Waals surface area contributed by atoms with Gasteiger partial charge in [-0.1, -0.05) is 23.2 Å². The first-order valence-electron chi connectivity index (χ1n) is 16.4. The molecule has 0 bridgehead atoms. The molecule has 2 aliphatic heterocycles. The number of aliphatic hydroxyl groups excluding tert-OH is 1. The second-order valence-corrected chi connectivity index (χ2v) is 13.8. The van der Waals surface area contributed by atoms with Crippen molar-refractivity contribution in [3.63, 3.8) is 0 Å². The van der Waals surface area contributed by atoms with Gasteiger partial charge in [-0.15, -0.1) is 0 Å². The molecule has 1 N–H and O–H groups in total. The van der Waals surface area contributed by atoms with Gasteiger partial charge in [-0.25, -0.2) is 19.7 Å². The molecule has 48 heavy (non-hydrogen) atoms. The molecule has 3 aromatic rings. The van der Waals surface area contributed by atoms with E-state index >= 15 is 0 Å². The van der Waals surface area contributed by atoms with Crippen LogP contribution in [0.3, 0.4) is 0 Å². The van der Waals surface area contributed by atoms with Crippen LogP contribution in [0.1, 0.15) is 39.7 Å².